The summed E-state index contributed by atoms with van der Waals surface area (Å²) in [6.07, 6.45) is 1.06. The number of nitrogens with zero attached hydrogens (tertiary/aromatic N) is 1. The van der Waals surface area contributed by atoms with E-state index in [-0.39, 0.29) is 6.61 Å². The van der Waals surface area contributed by atoms with Crippen molar-refractivity contribution in [2.24, 2.45) is 5.73 Å². The molecule has 2 aromatic rings. The average molecular weight is 258 g/mol. The van der Waals surface area contributed by atoms with Crippen molar-refractivity contribution >= 4 is 16.5 Å². The molecule has 3 nitrogen and oxygen atoms in total. The molecule has 2 aromatic carbocycles. The Morgan fingerprint density at radius 1 is 1.05 bits per heavy atom. The first-order valence-electron chi connectivity index (χ1n) is 6.88. The number of anilines is 1. The summed E-state index contributed by atoms with van der Waals surface area (Å²) in [5, 5.41) is 11.7. The largest absolute Gasteiger partial charge is 0.395 e. The molecule has 3 N–H and O–H groups in total. The fourth-order valence-corrected chi connectivity index (χ4v) is 2.54. The Morgan fingerprint density at radius 3 is 2.42 bits per heavy atom. The third-order valence-corrected chi connectivity index (χ3v) is 3.42. The zero-order valence-corrected chi connectivity index (χ0v) is 11.5. The lowest BCUT2D eigenvalue weighted by molar-refractivity contribution is 0.302. The van der Waals surface area contributed by atoms with Crippen molar-refractivity contribution in [1.29, 1.82) is 0 Å². The normalized spacial score (nSPS) is 10.9. The van der Waals surface area contributed by atoms with Crippen LogP contribution >= 0.6 is 0 Å². The topological polar surface area (TPSA) is 49.5 Å². The van der Waals surface area contributed by atoms with Crippen molar-refractivity contribution < 1.29 is 5.11 Å². The second kappa shape index (κ2) is 6.55. The summed E-state index contributed by atoms with van der Waals surface area (Å²) in [5.74, 6) is 0. The molecule has 0 unspecified atom stereocenters. The van der Waals surface area contributed by atoms with E-state index in [0.717, 1.165) is 13.0 Å². The zero-order chi connectivity index (χ0) is 13.7. The summed E-state index contributed by atoms with van der Waals surface area (Å²) >= 11 is 0. The number of hydrogen-bond acceptors (Lipinski definition) is 3. The van der Waals surface area contributed by atoms with Gasteiger partial charge in [-0.3, -0.25) is 0 Å². The first-order valence-corrected chi connectivity index (χ1v) is 6.88. The van der Waals surface area contributed by atoms with Crippen molar-refractivity contribution in [3.63, 3.8) is 0 Å². The maximum atomic E-state index is 9.24. The van der Waals surface area contributed by atoms with Gasteiger partial charge in [-0.25, -0.2) is 0 Å². The van der Waals surface area contributed by atoms with Crippen LogP contribution in [-0.2, 0) is 6.54 Å². The first-order chi connectivity index (χ1) is 9.31. The smallest absolute Gasteiger partial charge is 0.0606 e. The highest BCUT2D eigenvalue weighted by molar-refractivity contribution is 5.96. The van der Waals surface area contributed by atoms with Crippen LogP contribution in [-0.4, -0.2) is 24.8 Å². The van der Waals surface area contributed by atoms with Crippen molar-refractivity contribution in [3.05, 3.63) is 42.0 Å². The molecule has 0 aliphatic carbocycles. The molecule has 0 spiro atoms. The van der Waals surface area contributed by atoms with Gasteiger partial charge in [-0.15, -0.1) is 0 Å². The quantitative estimate of drug-likeness (QED) is 0.837. The van der Waals surface area contributed by atoms with Gasteiger partial charge >= 0.3 is 0 Å². The predicted molar refractivity (Wildman–Crippen MR) is 81.4 cm³/mol. The van der Waals surface area contributed by atoms with Crippen LogP contribution in [0.2, 0.25) is 0 Å². The highest BCUT2D eigenvalue weighted by Crippen LogP contribution is 2.29. The van der Waals surface area contributed by atoms with Crippen molar-refractivity contribution in [2.45, 2.75) is 19.9 Å². The monoisotopic (exact) mass is 258 g/mol. The minimum absolute atomic E-state index is 0.174. The van der Waals surface area contributed by atoms with Gasteiger partial charge in [0.05, 0.1) is 6.61 Å². The Hall–Kier alpha value is -1.58. The molecule has 0 saturated heterocycles. The van der Waals surface area contributed by atoms with Gasteiger partial charge in [0, 0.05) is 30.7 Å². The maximum absolute atomic E-state index is 9.24. The summed E-state index contributed by atoms with van der Waals surface area (Å²) in [7, 11) is 0. The lowest BCUT2D eigenvalue weighted by Crippen LogP contribution is -2.27. The molecule has 0 heterocycles. The van der Waals surface area contributed by atoms with Gasteiger partial charge in [0.1, 0.15) is 0 Å². The summed E-state index contributed by atoms with van der Waals surface area (Å²) in [4.78, 5) is 2.24. The third kappa shape index (κ3) is 2.88. The average Bonchev–Trinajstić information content (AvgIpc) is 2.46. The van der Waals surface area contributed by atoms with Crippen LogP contribution in [0.25, 0.3) is 10.8 Å². The molecule has 0 saturated carbocycles. The molecular weight excluding hydrogens is 236 g/mol. The van der Waals surface area contributed by atoms with Gasteiger partial charge in [-0.2, -0.15) is 0 Å². The Kier molecular flexibility index (Phi) is 4.77. The van der Waals surface area contributed by atoms with Gasteiger partial charge in [0.15, 0.2) is 0 Å². The van der Waals surface area contributed by atoms with E-state index in [4.69, 9.17) is 5.73 Å². The number of rotatable bonds is 6. The van der Waals surface area contributed by atoms with E-state index in [1.165, 1.54) is 22.0 Å². The van der Waals surface area contributed by atoms with Crippen LogP contribution in [0, 0.1) is 0 Å². The van der Waals surface area contributed by atoms with E-state index in [2.05, 4.69) is 42.2 Å². The molecule has 0 aliphatic rings. The molecule has 0 amide bonds. The molecule has 0 aliphatic heterocycles. The number of benzene rings is 2. The van der Waals surface area contributed by atoms with Gasteiger partial charge in [-0.05, 0) is 23.4 Å². The van der Waals surface area contributed by atoms with Crippen LogP contribution < -0.4 is 10.6 Å². The Labute approximate surface area is 114 Å². The highest BCUT2D eigenvalue weighted by atomic mass is 16.3. The Bertz CT molecular complexity index is 533. The van der Waals surface area contributed by atoms with Crippen LogP contribution in [0.5, 0.6) is 0 Å². The molecule has 2 rings (SSSR count). The van der Waals surface area contributed by atoms with Crippen molar-refractivity contribution in [1.82, 2.24) is 0 Å². The minimum Gasteiger partial charge on any atom is -0.395 e. The van der Waals surface area contributed by atoms with Gasteiger partial charge < -0.3 is 15.7 Å². The summed E-state index contributed by atoms with van der Waals surface area (Å²) < 4.78 is 0. The minimum atomic E-state index is 0.174. The zero-order valence-electron chi connectivity index (χ0n) is 11.5. The van der Waals surface area contributed by atoms with Gasteiger partial charge in [0.2, 0.25) is 0 Å². The Balaban J connectivity index is 2.53. The molecular formula is C16H22N2O. The summed E-state index contributed by atoms with van der Waals surface area (Å²) in [6, 6.07) is 12.6. The van der Waals surface area contributed by atoms with Crippen molar-refractivity contribution in [3.8, 4) is 0 Å². The van der Waals surface area contributed by atoms with Crippen molar-refractivity contribution in [2.75, 3.05) is 24.6 Å². The number of aliphatic hydroxyl groups excluding tert-OH is 1. The first kappa shape index (κ1) is 13.8. The van der Waals surface area contributed by atoms with E-state index < -0.39 is 0 Å². The van der Waals surface area contributed by atoms with E-state index in [1.54, 1.807) is 0 Å². The standard InChI is InChI=1S/C16H22N2O/c1-2-9-18(10-11-19)16-8-7-13(12-17)14-5-3-4-6-15(14)16/h3-8,19H,2,9-12,17H2,1H3. The van der Waals surface area contributed by atoms with Gasteiger partial charge in [-0.1, -0.05) is 37.3 Å². The summed E-state index contributed by atoms with van der Waals surface area (Å²) in [5.41, 5.74) is 8.16. The predicted octanol–water partition coefficient (Wildman–Crippen LogP) is 2.51. The van der Waals surface area contributed by atoms with E-state index >= 15 is 0 Å². The van der Waals surface area contributed by atoms with E-state index in [1.807, 2.05) is 6.07 Å². The molecule has 3 heteroatoms. The number of nitrogens with two attached hydrogens (primary N) is 1. The second-order valence-corrected chi connectivity index (χ2v) is 4.70. The van der Waals surface area contributed by atoms with Gasteiger partial charge in [0.25, 0.3) is 0 Å². The molecule has 0 bridgehead atoms. The Morgan fingerprint density at radius 2 is 1.79 bits per heavy atom. The molecule has 19 heavy (non-hydrogen) atoms. The van der Waals surface area contributed by atoms with E-state index in [9.17, 15) is 5.11 Å². The lowest BCUT2D eigenvalue weighted by Gasteiger charge is -2.25. The molecule has 0 radical (unpaired) electrons. The fraction of sp³-hybridized carbons (Fsp3) is 0.375. The van der Waals surface area contributed by atoms with E-state index in [0.29, 0.717) is 13.1 Å². The molecule has 0 atom stereocenters. The van der Waals surface area contributed by atoms with Crippen LogP contribution in [0.3, 0.4) is 0 Å². The molecule has 0 fully saturated rings. The summed E-state index contributed by atoms with van der Waals surface area (Å²) in [6.45, 7) is 4.49. The number of aliphatic hydroxyl groups is 1. The molecule has 0 aromatic heterocycles. The number of hydrogen-bond donors (Lipinski definition) is 2. The van der Waals surface area contributed by atoms with Crippen LogP contribution in [0.4, 0.5) is 5.69 Å². The second-order valence-electron chi connectivity index (χ2n) is 4.70. The maximum Gasteiger partial charge on any atom is 0.0606 e. The SMILES string of the molecule is CCCN(CCO)c1ccc(CN)c2ccccc12. The molecule has 102 valence electrons. The van der Waals surface area contributed by atoms with Crippen LogP contribution in [0.15, 0.2) is 36.4 Å². The van der Waals surface area contributed by atoms with Crippen LogP contribution in [0.1, 0.15) is 18.9 Å². The number of fused-ring (bicyclic) bond motifs is 1. The lowest BCUT2D eigenvalue weighted by atomic mass is 10.0. The highest BCUT2D eigenvalue weighted by Gasteiger charge is 2.10. The third-order valence-electron chi connectivity index (χ3n) is 3.42. The fourth-order valence-electron chi connectivity index (χ4n) is 2.54.